The molecule has 0 aliphatic carbocycles. The molecule has 0 spiro atoms. The number of benzene rings is 7. The molecule has 0 N–H and O–H groups in total. The first kappa shape index (κ1) is 86.2. The number of nitriles is 1. The van der Waals surface area contributed by atoms with E-state index in [9.17, 15) is 26.3 Å². The molecule has 7 aromatic carbocycles. The topological polar surface area (TPSA) is 265 Å². The fourth-order valence-corrected chi connectivity index (χ4v) is 7.78. The molecule has 9 heterocycles. The first-order valence-electron chi connectivity index (χ1n) is 29.8. The average molecular weight is 2160 g/mol. The second kappa shape index (κ2) is 45.7. The van der Waals surface area contributed by atoms with Crippen LogP contribution in [0.5, 0.6) is 0 Å². The Hall–Kier alpha value is -12.4. The summed E-state index contributed by atoms with van der Waals surface area (Å²) in [6.45, 7) is 0. The summed E-state index contributed by atoms with van der Waals surface area (Å²) in [5.41, 5.74) is 3.63. The molecule has 4 aliphatic heterocycles. The van der Waals surface area contributed by atoms with E-state index < -0.39 is 40.7 Å². The molecule has 0 saturated heterocycles. The molecular formula is C72H48F6Ir4N26. The molecule has 0 bridgehead atoms. The van der Waals surface area contributed by atoms with Crippen LogP contribution in [0.15, 0.2) is 217 Å². The molecule has 0 amide bonds. The van der Waals surface area contributed by atoms with Crippen LogP contribution < -0.4 is 0 Å². The van der Waals surface area contributed by atoms with Crippen LogP contribution in [0.4, 0.5) is 49.1 Å². The van der Waals surface area contributed by atoms with Gasteiger partial charge >= 0.3 is 49.4 Å². The zero-order valence-corrected chi connectivity index (χ0v) is 65.6. The predicted molar refractivity (Wildman–Crippen MR) is 358 cm³/mol. The van der Waals surface area contributed by atoms with Gasteiger partial charge in [-0.15, -0.1) is 133 Å². The van der Waals surface area contributed by atoms with Crippen molar-refractivity contribution >= 4 is 72.1 Å². The molecule has 544 valence electrons. The molecule has 36 heteroatoms. The first-order chi connectivity index (χ1) is 50.7. The Labute approximate surface area is 666 Å². The van der Waals surface area contributed by atoms with Crippen LogP contribution in [-0.4, -0.2) is 179 Å². The normalized spacial score (nSPS) is 11.6. The molecule has 4 aliphatic rings. The fraction of sp³-hybridized carbons (Fsp3) is 0.0556. The van der Waals surface area contributed by atoms with Gasteiger partial charge < -0.3 is 0 Å². The van der Waals surface area contributed by atoms with E-state index >= 15 is 0 Å². The monoisotopic (exact) mass is 2160 g/mol. The van der Waals surface area contributed by atoms with Gasteiger partial charge in [-0.1, -0.05) is 28.8 Å². The third kappa shape index (κ3) is 26.9. The van der Waals surface area contributed by atoms with Crippen molar-refractivity contribution in [3.63, 3.8) is 0 Å². The number of aromatic nitrogens is 13. The van der Waals surface area contributed by atoms with E-state index in [2.05, 4.69) is 158 Å². The van der Waals surface area contributed by atoms with E-state index in [-0.39, 0.29) is 115 Å². The van der Waals surface area contributed by atoms with Crippen LogP contribution in [0.1, 0.15) is 5.56 Å². The zero-order chi connectivity index (χ0) is 73.3. The molecule has 5 aromatic heterocycles. The number of hydrazone groups is 4. The number of rotatable bonds is 8. The number of hydrogen-bond acceptors (Lipinski definition) is 18. The summed E-state index contributed by atoms with van der Waals surface area (Å²) in [7, 11) is 7.53. The first-order valence-corrected chi connectivity index (χ1v) is 29.8. The van der Waals surface area contributed by atoms with Gasteiger partial charge in [0.15, 0.2) is 0 Å². The van der Waals surface area contributed by atoms with Crippen molar-refractivity contribution in [1.82, 2.24) is 64.8 Å². The van der Waals surface area contributed by atoms with Crippen LogP contribution in [0.2, 0.25) is 0 Å². The van der Waals surface area contributed by atoms with E-state index in [1.165, 1.54) is 56.7 Å². The van der Waals surface area contributed by atoms with Gasteiger partial charge in [0, 0.05) is 97.6 Å². The summed E-state index contributed by atoms with van der Waals surface area (Å²) in [4.78, 5) is 47.6. The van der Waals surface area contributed by atoms with Crippen molar-refractivity contribution in [3.05, 3.63) is 285 Å². The third-order valence-corrected chi connectivity index (χ3v) is 12.4. The van der Waals surface area contributed by atoms with Crippen LogP contribution in [-0.2, 0) is 80.4 Å². The van der Waals surface area contributed by atoms with E-state index in [1.54, 1.807) is 62.4 Å². The molecule has 0 unspecified atom stereocenters. The summed E-state index contributed by atoms with van der Waals surface area (Å²) < 4.78 is 91.5. The van der Waals surface area contributed by atoms with Crippen LogP contribution >= 0.6 is 0 Å². The maximum absolute atomic E-state index is 13.6. The SMILES string of the molecule is C[N+]1=C=[N+](c2[c-]cccc2)N=C1.C[N+]1=C=[N+](c2[c-]cccc2)N=C1.C[N+]1=C=[N+](c2[c-]cccc2)N=C1.C[N+]1=C=[N+](c2[c-]cccc2)N=C1.Fc1c[c-]c(-c2ncncn2)c(F)c1.Fc1c[c-]c(-c2ncncn2)c(F)n1.N#Cc1c(F)c[c-]c(-c2ncncn2)c1F.[Ir].[Ir].[Ir].[Ir].[c-]1ccccc1-c1ncncn1. The molecule has 4 radical (unpaired) electrons. The summed E-state index contributed by atoms with van der Waals surface area (Å²) in [5.74, 6) is -4.45. The van der Waals surface area contributed by atoms with Gasteiger partial charge in [0.25, 0.3) is 0 Å². The van der Waals surface area contributed by atoms with Crippen LogP contribution in [0.25, 0.3) is 45.6 Å². The summed E-state index contributed by atoms with van der Waals surface area (Å²) in [5, 5.41) is 24.9. The van der Waals surface area contributed by atoms with Crippen LogP contribution in [0, 0.1) is 95.0 Å². The van der Waals surface area contributed by atoms with Crippen molar-refractivity contribution in [2.75, 3.05) is 28.2 Å². The summed E-state index contributed by atoms with van der Waals surface area (Å²) in [6, 6.07) is 77.5. The molecule has 108 heavy (non-hydrogen) atoms. The number of pyridine rings is 1. The Morgan fingerprint density at radius 3 is 1.02 bits per heavy atom. The van der Waals surface area contributed by atoms with Crippen LogP contribution in [0.3, 0.4) is 0 Å². The number of para-hydroxylation sites is 4. The molecule has 26 nitrogen and oxygen atoms in total. The Balaban J connectivity index is 0.000000220. The standard InChI is InChI=1S/C10H3F2N4.C9H4F2N3.4C9H8N3.C9H6N3.C8H3F2N4.4Ir/c11-8-2-1-6(9(12)7(8)3-13)10-15-4-14-5-16-10;10-6-1-2-7(8(11)3-6)9-13-4-12-5-14-9;4*1-11-7-10-12(8-11)9-5-3-2-4-6-9;1-2-4-8(5-3-1)9-11-6-10-7-12-9;9-6-2-1-5(7(10)14-6)8-12-3-11-4-13-8;;;;/h2,4-5H;1,3-5H;4*2-5,7H,1H3;1-4,6-7H;2-4H;;;;/q2*-1;4*+1;2*-1;;;;. The predicted octanol–water partition coefficient (Wildman–Crippen LogP) is 9.06. The van der Waals surface area contributed by atoms with Crippen molar-refractivity contribution in [2.24, 2.45) is 20.4 Å². The minimum Gasteiger partial charge on any atom is -0.291 e. The van der Waals surface area contributed by atoms with Crippen molar-refractivity contribution in [2.45, 2.75) is 0 Å². The zero-order valence-electron chi connectivity index (χ0n) is 56.0. The van der Waals surface area contributed by atoms with Crippen molar-refractivity contribution in [1.29, 1.82) is 5.26 Å². The average Bonchev–Trinajstić information content (AvgIpc) is 1.05. The van der Waals surface area contributed by atoms with E-state index in [1.807, 2.05) is 150 Å². The van der Waals surface area contributed by atoms with Gasteiger partial charge in [0.2, 0.25) is 20.4 Å². The Kier molecular flexibility index (Phi) is 36.5. The Bertz CT molecular complexity index is 4930. The maximum Gasteiger partial charge on any atom is 0.420 e. The maximum atomic E-state index is 13.6. The van der Waals surface area contributed by atoms with Gasteiger partial charge in [-0.05, 0) is 0 Å². The van der Waals surface area contributed by atoms with Gasteiger partial charge in [0.1, 0.15) is 113 Å². The third-order valence-electron chi connectivity index (χ3n) is 12.4. The minimum absolute atomic E-state index is 0. The quantitative estimate of drug-likeness (QED) is 0.0595. The number of halogens is 6. The van der Waals surface area contributed by atoms with Gasteiger partial charge in [0.05, 0.1) is 59.7 Å². The smallest absolute Gasteiger partial charge is 0.291 e. The molecule has 12 aromatic rings. The Morgan fingerprint density at radius 2 is 0.704 bits per heavy atom. The second-order valence-electron chi connectivity index (χ2n) is 19.9. The van der Waals surface area contributed by atoms with Gasteiger partial charge in [-0.25, -0.2) is 28.7 Å². The van der Waals surface area contributed by atoms with E-state index in [4.69, 9.17) is 5.26 Å². The molecule has 16 rings (SSSR count). The minimum atomic E-state index is -1.02. The van der Waals surface area contributed by atoms with E-state index in [0.717, 1.165) is 52.6 Å². The fourth-order valence-electron chi connectivity index (χ4n) is 7.78. The largest absolute Gasteiger partial charge is 0.420 e. The molecule has 0 atom stereocenters. The summed E-state index contributed by atoms with van der Waals surface area (Å²) >= 11 is 0. The molecule has 0 saturated carbocycles. The van der Waals surface area contributed by atoms with Crippen molar-refractivity contribution in [3.8, 4) is 51.6 Å². The van der Waals surface area contributed by atoms with E-state index in [0.29, 0.717) is 5.82 Å². The summed E-state index contributed by atoms with van der Waals surface area (Å²) in [6.07, 6.45) is 17.0. The second-order valence-corrected chi connectivity index (χ2v) is 19.9. The van der Waals surface area contributed by atoms with Crippen molar-refractivity contribution < 1.29 is 144 Å². The number of nitrogens with zero attached hydrogens (tertiary/aromatic N) is 26. The number of hydrogen-bond donors (Lipinski definition) is 0. The molecular weight excluding hydrogens is 2110 g/mol. The van der Waals surface area contributed by atoms with Gasteiger partial charge in [-0.2, -0.15) is 78.1 Å². The Morgan fingerprint density at radius 1 is 0.370 bits per heavy atom. The van der Waals surface area contributed by atoms with Gasteiger partial charge in [-0.3, -0.25) is 62.4 Å². The molecule has 0 fully saturated rings.